The van der Waals surface area contributed by atoms with E-state index in [1.165, 1.54) is 0 Å². The van der Waals surface area contributed by atoms with E-state index in [0.717, 1.165) is 17.3 Å². The fraction of sp³-hybridized carbons (Fsp3) is 0.111. The Morgan fingerprint density at radius 3 is 3.00 bits per heavy atom. The number of nitrogens with zero attached hydrogens (tertiary/aromatic N) is 2. The zero-order chi connectivity index (χ0) is 9.42. The number of fused-ring (bicyclic) bond motifs is 1. The molecular formula is C9H7ClN2O. The fourth-order valence-electron chi connectivity index (χ4n) is 1.29. The van der Waals surface area contributed by atoms with Crippen molar-refractivity contribution in [3.05, 3.63) is 29.0 Å². The van der Waals surface area contributed by atoms with Crippen LogP contribution in [0.1, 0.15) is 10.6 Å². The van der Waals surface area contributed by atoms with Crippen molar-refractivity contribution >= 4 is 28.9 Å². The summed E-state index contributed by atoms with van der Waals surface area (Å²) in [4.78, 5) is 14.7. The summed E-state index contributed by atoms with van der Waals surface area (Å²) in [7, 11) is 1.79. The normalized spacial score (nSPS) is 10.6. The molecule has 1 heterocycles. The molecule has 0 aliphatic heterocycles. The van der Waals surface area contributed by atoms with Crippen LogP contribution in [0.2, 0.25) is 5.02 Å². The lowest BCUT2D eigenvalue weighted by molar-refractivity contribution is 0.111. The molecule has 0 amide bonds. The Balaban J connectivity index is 2.84. The number of hydrogen-bond acceptors (Lipinski definition) is 2. The van der Waals surface area contributed by atoms with E-state index in [1.54, 1.807) is 29.8 Å². The molecule has 0 radical (unpaired) electrons. The average molecular weight is 195 g/mol. The first kappa shape index (κ1) is 8.26. The van der Waals surface area contributed by atoms with Gasteiger partial charge in [-0.25, -0.2) is 4.98 Å². The molecule has 0 fully saturated rings. The van der Waals surface area contributed by atoms with Crippen LogP contribution < -0.4 is 0 Å². The van der Waals surface area contributed by atoms with Crippen LogP contribution >= 0.6 is 11.6 Å². The van der Waals surface area contributed by atoms with E-state index < -0.39 is 0 Å². The smallest absolute Gasteiger partial charge is 0.185 e. The number of hydrogen-bond donors (Lipinski definition) is 0. The monoisotopic (exact) mass is 194 g/mol. The molecule has 2 rings (SSSR count). The van der Waals surface area contributed by atoms with Crippen molar-refractivity contribution in [2.75, 3.05) is 0 Å². The molecule has 0 saturated carbocycles. The van der Waals surface area contributed by atoms with Crippen molar-refractivity contribution in [2.24, 2.45) is 7.05 Å². The minimum Gasteiger partial charge on any atom is -0.325 e. The lowest BCUT2D eigenvalue weighted by atomic mass is 10.3. The van der Waals surface area contributed by atoms with Crippen molar-refractivity contribution in [1.29, 1.82) is 0 Å². The number of rotatable bonds is 1. The lowest BCUT2D eigenvalue weighted by Gasteiger charge is -1.95. The molecule has 0 aliphatic rings. The topological polar surface area (TPSA) is 34.9 Å². The first-order chi connectivity index (χ1) is 6.22. The van der Waals surface area contributed by atoms with Gasteiger partial charge in [-0.1, -0.05) is 11.6 Å². The molecule has 1 aromatic carbocycles. The van der Waals surface area contributed by atoms with Crippen molar-refractivity contribution in [2.45, 2.75) is 0 Å². The number of benzene rings is 1. The van der Waals surface area contributed by atoms with Gasteiger partial charge in [0.25, 0.3) is 0 Å². The predicted molar refractivity (Wildman–Crippen MR) is 51.1 cm³/mol. The third-order valence-corrected chi connectivity index (χ3v) is 2.22. The highest BCUT2D eigenvalue weighted by atomic mass is 35.5. The van der Waals surface area contributed by atoms with Gasteiger partial charge >= 0.3 is 0 Å². The van der Waals surface area contributed by atoms with Crippen molar-refractivity contribution in [3.63, 3.8) is 0 Å². The summed E-state index contributed by atoms with van der Waals surface area (Å²) >= 11 is 5.81. The van der Waals surface area contributed by atoms with Gasteiger partial charge in [-0.15, -0.1) is 0 Å². The van der Waals surface area contributed by atoms with Crippen LogP contribution in [-0.4, -0.2) is 15.8 Å². The zero-order valence-corrected chi connectivity index (χ0v) is 7.75. The Labute approximate surface area is 79.9 Å². The van der Waals surface area contributed by atoms with Gasteiger partial charge in [0.2, 0.25) is 0 Å². The fourth-order valence-corrected chi connectivity index (χ4v) is 1.45. The van der Waals surface area contributed by atoms with E-state index in [2.05, 4.69) is 4.98 Å². The summed E-state index contributed by atoms with van der Waals surface area (Å²) in [6.45, 7) is 0. The van der Waals surface area contributed by atoms with Crippen molar-refractivity contribution < 1.29 is 4.79 Å². The molecule has 0 unspecified atom stereocenters. The first-order valence-corrected chi connectivity index (χ1v) is 4.17. The quantitative estimate of drug-likeness (QED) is 0.652. The molecule has 0 spiro atoms. The molecule has 1 aromatic heterocycles. The molecule has 4 heteroatoms. The molecule has 0 bridgehead atoms. The second kappa shape index (κ2) is 2.85. The Morgan fingerprint density at radius 1 is 1.54 bits per heavy atom. The van der Waals surface area contributed by atoms with Gasteiger partial charge < -0.3 is 4.57 Å². The summed E-state index contributed by atoms with van der Waals surface area (Å²) in [5, 5.41) is 0.646. The molecule has 0 aliphatic carbocycles. The third-order valence-electron chi connectivity index (χ3n) is 1.98. The van der Waals surface area contributed by atoms with Gasteiger partial charge in [-0.3, -0.25) is 4.79 Å². The van der Waals surface area contributed by atoms with Gasteiger partial charge in [0.15, 0.2) is 12.1 Å². The van der Waals surface area contributed by atoms with Crippen LogP contribution in [-0.2, 0) is 7.05 Å². The largest absolute Gasteiger partial charge is 0.325 e. The molecule has 0 N–H and O–H groups in total. The molecule has 2 aromatic rings. The van der Waals surface area contributed by atoms with E-state index in [0.29, 0.717) is 10.8 Å². The van der Waals surface area contributed by atoms with E-state index in [4.69, 9.17) is 11.6 Å². The third kappa shape index (κ3) is 1.21. The van der Waals surface area contributed by atoms with Gasteiger partial charge in [0.05, 0.1) is 11.0 Å². The van der Waals surface area contributed by atoms with Crippen LogP contribution in [0.25, 0.3) is 11.0 Å². The maximum Gasteiger partial charge on any atom is 0.185 e. The minimum absolute atomic E-state index is 0.414. The second-order valence-corrected chi connectivity index (χ2v) is 3.22. The van der Waals surface area contributed by atoms with E-state index in [1.807, 2.05) is 0 Å². The molecule has 0 atom stereocenters. The van der Waals surface area contributed by atoms with Crippen LogP contribution in [0, 0.1) is 0 Å². The van der Waals surface area contributed by atoms with E-state index in [9.17, 15) is 4.79 Å². The highest BCUT2D eigenvalue weighted by Gasteiger charge is 2.05. The molecule has 13 heavy (non-hydrogen) atoms. The van der Waals surface area contributed by atoms with Crippen LogP contribution in [0.5, 0.6) is 0 Å². The number of imidazole rings is 1. The minimum atomic E-state index is 0.414. The Kier molecular flexibility index (Phi) is 1.81. The maximum absolute atomic E-state index is 10.6. The maximum atomic E-state index is 10.6. The van der Waals surface area contributed by atoms with E-state index >= 15 is 0 Å². The zero-order valence-electron chi connectivity index (χ0n) is 6.99. The Bertz CT molecular complexity index is 476. The summed E-state index contributed by atoms with van der Waals surface area (Å²) in [6.07, 6.45) is 0.730. The first-order valence-electron chi connectivity index (χ1n) is 3.79. The predicted octanol–water partition coefficient (Wildman–Crippen LogP) is 2.04. The number of carbonyl (C=O) groups is 1. The number of carbonyl (C=O) groups excluding carboxylic acids is 1. The van der Waals surface area contributed by atoms with Crippen LogP contribution in [0.3, 0.4) is 0 Å². The number of aldehydes is 1. The highest BCUT2D eigenvalue weighted by molar-refractivity contribution is 6.31. The van der Waals surface area contributed by atoms with Gasteiger partial charge in [0, 0.05) is 12.1 Å². The molecule has 0 saturated heterocycles. The van der Waals surface area contributed by atoms with Gasteiger partial charge in [0.1, 0.15) is 0 Å². The highest BCUT2D eigenvalue weighted by Crippen LogP contribution is 2.18. The number of aromatic nitrogens is 2. The van der Waals surface area contributed by atoms with Crippen LogP contribution in [0.15, 0.2) is 18.2 Å². The Morgan fingerprint density at radius 2 is 2.31 bits per heavy atom. The summed E-state index contributed by atoms with van der Waals surface area (Å²) < 4.78 is 1.72. The summed E-state index contributed by atoms with van der Waals surface area (Å²) in [5.74, 6) is 0.414. The summed E-state index contributed by atoms with van der Waals surface area (Å²) in [6, 6.07) is 5.34. The SMILES string of the molecule is Cn1c(C=O)nc2ccc(Cl)cc21. The average Bonchev–Trinajstić information content (AvgIpc) is 2.44. The lowest BCUT2D eigenvalue weighted by Crippen LogP contribution is -1.94. The van der Waals surface area contributed by atoms with Gasteiger partial charge in [-0.05, 0) is 18.2 Å². The van der Waals surface area contributed by atoms with Crippen LogP contribution in [0.4, 0.5) is 0 Å². The Hall–Kier alpha value is -1.35. The standard InChI is InChI=1S/C9H7ClN2O/c1-12-8-4-6(10)2-3-7(8)11-9(12)5-13/h2-5H,1H3. The summed E-state index contributed by atoms with van der Waals surface area (Å²) in [5.41, 5.74) is 1.66. The second-order valence-electron chi connectivity index (χ2n) is 2.78. The number of halogens is 1. The van der Waals surface area contributed by atoms with Crippen molar-refractivity contribution in [1.82, 2.24) is 9.55 Å². The molecule has 66 valence electrons. The van der Waals surface area contributed by atoms with E-state index in [-0.39, 0.29) is 0 Å². The number of aryl methyl sites for hydroxylation is 1. The molecular weight excluding hydrogens is 188 g/mol. The van der Waals surface area contributed by atoms with Crippen molar-refractivity contribution in [3.8, 4) is 0 Å². The molecule has 3 nitrogen and oxygen atoms in total. The van der Waals surface area contributed by atoms with Gasteiger partial charge in [-0.2, -0.15) is 0 Å².